The molecular weight excluding hydrogens is 264 g/mol. The van der Waals surface area contributed by atoms with Gasteiger partial charge in [0.05, 0.1) is 6.61 Å². The molecular formula is C13H22N2O3S. The molecule has 2 aliphatic rings. The van der Waals surface area contributed by atoms with Crippen LogP contribution in [0.1, 0.15) is 26.2 Å². The van der Waals surface area contributed by atoms with Crippen LogP contribution in [0.2, 0.25) is 0 Å². The second kappa shape index (κ2) is 7.14. The molecule has 2 fully saturated rings. The molecule has 1 aliphatic heterocycles. The average Bonchev–Trinajstić information content (AvgIpc) is 3.21. The predicted octanol–water partition coefficient (Wildman–Crippen LogP) is 0.636. The zero-order chi connectivity index (χ0) is 13.7. The lowest BCUT2D eigenvalue weighted by atomic mass is 10.2. The summed E-state index contributed by atoms with van der Waals surface area (Å²) in [4.78, 5) is 25.6. The third kappa shape index (κ3) is 4.69. The Morgan fingerprint density at radius 2 is 2.21 bits per heavy atom. The molecule has 0 bridgehead atoms. The van der Waals surface area contributed by atoms with Gasteiger partial charge in [0.15, 0.2) is 0 Å². The van der Waals surface area contributed by atoms with Crippen LogP contribution in [-0.2, 0) is 14.3 Å². The van der Waals surface area contributed by atoms with Crippen molar-refractivity contribution < 1.29 is 14.3 Å². The minimum atomic E-state index is -0.297. The number of rotatable bonds is 6. The van der Waals surface area contributed by atoms with Gasteiger partial charge < -0.3 is 15.0 Å². The van der Waals surface area contributed by atoms with Gasteiger partial charge in [0.25, 0.3) is 0 Å². The normalized spacial score (nSPS) is 22.9. The van der Waals surface area contributed by atoms with E-state index in [0.29, 0.717) is 13.0 Å². The minimum absolute atomic E-state index is 0.0792. The summed E-state index contributed by atoms with van der Waals surface area (Å²) < 4.78 is 4.94. The molecule has 2 rings (SSSR count). The second-order valence-electron chi connectivity index (χ2n) is 4.99. The highest BCUT2D eigenvalue weighted by Gasteiger charge is 2.35. The Kier molecular flexibility index (Phi) is 5.51. The Balaban J connectivity index is 1.83. The van der Waals surface area contributed by atoms with Crippen molar-refractivity contribution in [2.75, 3.05) is 31.2 Å². The van der Waals surface area contributed by atoms with Crippen molar-refractivity contribution >= 4 is 23.6 Å². The zero-order valence-electron chi connectivity index (χ0n) is 11.4. The van der Waals surface area contributed by atoms with Gasteiger partial charge in [-0.3, -0.25) is 9.59 Å². The van der Waals surface area contributed by atoms with Crippen molar-refractivity contribution in [3.63, 3.8) is 0 Å². The first kappa shape index (κ1) is 14.7. The van der Waals surface area contributed by atoms with Crippen molar-refractivity contribution in [2.24, 2.45) is 0 Å². The lowest BCUT2D eigenvalue weighted by molar-refractivity contribution is -0.149. The van der Waals surface area contributed by atoms with Crippen molar-refractivity contribution in [1.82, 2.24) is 10.2 Å². The molecule has 0 aromatic carbocycles. The second-order valence-corrected chi connectivity index (χ2v) is 6.14. The quantitative estimate of drug-likeness (QED) is 0.726. The van der Waals surface area contributed by atoms with E-state index in [4.69, 9.17) is 4.74 Å². The van der Waals surface area contributed by atoms with E-state index in [1.165, 1.54) is 0 Å². The number of nitrogens with zero attached hydrogens (tertiary/aromatic N) is 1. The molecule has 0 spiro atoms. The molecule has 1 saturated carbocycles. The van der Waals surface area contributed by atoms with Crippen LogP contribution in [0.15, 0.2) is 0 Å². The van der Waals surface area contributed by atoms with E-state index < -0.39 is 0 Å². The highest BCUT2D eigenvalue weighted by Crippen LogP contribution is 2.27. The molecule has 1 heterocycles. The van der Waals surface area contributed by atoms with Crippen LogP contribution in [-0.4, -0.2) is 60.1 Å². The topological polar surface area (TPSA) is 58.6 Å². The summed E-state index contributed by atoms with van der Waals surface area (Å²) in [6.45, 7) is 3.22. The van der Waals surface area contributed by atoms with E-state index in [2.05, 4.69) is 5.32 Å². The summed E-state index contributed by atoms with van der Waals surface area (Å²) in [5.41, 5.74) is 0. The van der Waals surface area contributed by atoms with Crippen LogP contribution in [0, 0.1) is 0 Å². The smallest absolute Gasteiger partial charge is 0.325 e. The number of hydrogen-bond acceptors (Lipinski definition) is 5. The molecule has 1 amide bonds. The standard InChI is InChI=1S/C13H22N2O3S/c1-2-18-13(17)8-15(11-3-4-11)12(16)7-10-9-19-6-5-14-10/h10-11,14H,2-9H2,1H3. The van der Waals surface area contributed by atoms with Gasteiger partial charge in [0.2, 0.25) is 5.91 Å². The van der Waals surface area contributed by atoms with Crippen LogP contribution >= 0.6 is 11.8 Å². The SMILES string of the molecule is CCOC(=O)CN(C(=O)CC1CSCCN1)C1CC1. The third-order valence-corrected chi connectivity index (χ3v) is 4.46. The highest BCUT2D eigenvalue weighted by molar-refractivity contribution is 7.99. The van der Waals surface area contributed by atoms with Crippen LogP contribution < -0.4 is 5.32 Å². The van der Waals surface area contributed by atoms with E-state index in [0.717, 1.165) is 30.9 Å². The van der Waals surface area contributed by atoms with Gasteiger partial charge in [-0.2, -0.15) is 11.8 Å². The van der Waals surface area contributed by atoms with Gasteiger partial charge in [-0.25, -0.2) is 0 Å². The Labute approximate surface area is 118 Å². The van der Waals surface area contributed by atoms with Gasteiger partial charge in [-0.05, 0) is 19.8 Å². The molecule has 0 aromatic rings. The number of thioether (sulfide) groups is 1. The summed E-state index contributed by atoms with van der Waals surface area (Å²) in [6, 6.07) is 0.503. The average molecular weight is 286 g/mol. The molecule has 19 heavy (non-hydrogen) atoms. The molecule has 108 valence electrons. The van der Waals surface area contributed by atoms with Crippen molar-refractivity contribution in [1.29, 1.82) is 0 Å². The van der Waals surface area contributed by atoms with Crippen molar-refractivity contribution in [2.45, 2.75) is 38.3 Å². The van der Waals surface area contributed by atoms with Crippen LogP contribution in [0.5, 0.6) is 0 Å². The van der Waals surface area contributed by atoms with Gasteiger partial charge in [0.1, 0.15) is 6.54 Å². The molecule has 5 nitrogen and oxygen atoms in total. The van der Waals surface area contributed by atoms with E-state index in [-0.39, 0.29) is 30.5 Å². The fourth-order valence-electron chi connectivity index (χ4n) is 2.23. The molecule has 1 atom stereocenters. The Bertz CT molecular complexity index is 328. The zero-order valence-corrected chi connectivity index (χ0v) is 12.2. The summed E-state index contributed by atoms with van der Waals surface area (Å²) in [5.74, 6) is 1.87. The number of hydrogen-bond donors (Lipinski definition) is 1. The maximum Gasteiger partial charge on any atom is 0.325 e. The summed E-state index contributed by atoms with van der Waals surface area (Å²) in [5, 5.41) is 3.36. The lowest BCUT2D eigenvalue weighted by Crippen LogP contribution is -2.44. The monoisotopic (exact) mass is 286 g/mol. The summed E-state index contributed by atoms with van der Waals surface area (Å²) in [6.07, 6.45) is 2.51. The number of esters is 1. The number of carbonyl (C=O) groups is 2. The summed E-state index contributed by atoms with van der Waals surface area (Å²) in [7, 11) is 0. The molecule has 0 aromatic heterocycles. The Hall–Kier alpha value is -0.750. The predicted molar refractivity (Wildman–Crippen MR) is 75.1 cm³/mol. The van der Waals surface area contributed by atoms with Crippen LogP contribution in [0.4, 0.5) is 0 Å². The molecule has 1 aliphatic carbocycles. The Morgan fingerprint density at radius 1 is 1.42 bits per heavy atom. The molecule has 1 N–H and O–H groups in total. The van der Waals surface area contributed by atoms with Gasteiger partial charge >= 0.3 is 5.97 Å². The number of amides is 1. The van der Waals surface area contributed by atoms with E-state index in [1.807, 2.05) is 11.8 Å². The maximum atomic E-state index is 12.3. The minimum Gasteiger partial charge on any atom is -0.465 e. The molecule has 6 heteroatoms. The first-order valence-electron chi connectivity index (χ1n) is 6.97. The Morgan fingerprint density at radius 3 is 2.79 bits per heavy atom. The fraction of sp³-hybridized carbons (Fsp3) is 0.846. The van der Waals surface area contributed by atoms with Gasteiger partial charge in [-0.1, -0.05) is 0 Å². The van der Waals surface area contributed by atoms with Crippen molar-refractivity contribution in [3.8, 4) is 0 Å². The molecule has 1 unspecified atom stereocenters. The molecule has 0 radical (unpaired) electrons. The van der Waals surface area contributed by atoms with Gasteiger partial charge in [-0.15, -0.1) is 0 Å². The molecule has 1 saturated heterocycles. The number of carbonyl (C=O) groups excluding carboxylic acids is 2. The lowest BCUT2D eigenvalue weighted by Gasteiger charge is -2.27. The summed E-state index contributed by atoms with van der Waals surface area (Å²) >= 11 is 1.88. The maximum absolute atomic E-state index is 12.3. The van der Waals surface area contributed by atoms with Crippen LogP contribution in [0.25, 0.3) is 0 Å². The number of ether oxygens (including phenoxy) is 1. The van der Waals surface area contributed by atoms with Crippen LogP contribution in [0.3, 0.4) is 0 Å². The first-order valence-corrected chi connectivity index (χ1v) is 8.12. The van der Waals surface area contributed by atoms with Gasteiger partial charge in [0, 0.05) is 36.6 Å². The van der Waals surface area contributed by atoms with E-state index >= 15 is 0 Å². The first-order chi connectivity index (χ1) is 9.20. The fourth-order valence-corrected chi connectivity index (χ4v) is 3.18. The number of nitrogens with one attached hydrogen (secondary N) is 1. The van der Waals surface area contributed by atoms with Crippen molar-refractivity contribution in [3.05, 3.63) is 0 Å². The highest BCUT2D eigenvalue weighted by atomic mass is 32.2. The third-order valence-electron chi connectivity index (χ3n) is 3.33. The van der Waals surface area contributed by atoms with E-state index in [1.54, 1.807) is 11.8 Å². The largest absolute Gasteiger partial charge is 0.465 e. The van der Waals surface area contributed by atoms with E-state index in [9.17, 15) is 9.59 Å².